The normalized spacial score (nSPS) is 17.4. The van der Waals surface area contributed by atoms with Crippen molar-refractivity contribution in [2.24, 2.45) is 0 Å². The van der Waals surface area contributed by atoms with Gasteiger partial charge in [-0.2, -0.15) is 0 Å². The summed E-state index contributed by atoms with van der Waals surface area (Å²) in [5.41, 5.74) is 1.32. The van der Waals surface area contributed by atoms with Gasteiger partial charge < -0.3 is 18.9 Å². The van der Waals surface area contributed by atoms with Gasteiger partial charge in [0.1, 0.15) is 0 Å². The van der Waals surface area contributed by atoms with E-state index in [1.54, 1.807) is 48.6 Å². The third-order valence-corrected chi connectivity index (χ3v) is 13.9. The fourth-order valence-electron chi connectivity index (χ4n) is 5.17. The zero-order valence-corrected chi connectivity index (χ0v) is 31.3. The van der Waals surface area contributed by atoms with Gasteiger partial charge in [-0.25, -0.2) is 0 Å². The molecule has 0 bridgehead atoms. The molecule has 2 aromatic rings. The Morgan fingerprint density at radius 1 is 0.653 bits per heavy atom. The molecule has 2 fully saturated rings. The summed E-state index contributed by atoms with van der Waals surface area (Å²) in [5, 5.41) is 1.39. The van der Waals surface area contributed by atoms with Gasteiger partial charge in [-0.15, -0.1) is 0 Å². The average Bonchev–Trinajstić information content (AvgIpc) is 3.83. The van der Waals surface area contributed by atoms with Gasteiger partial charge in [0.2, 0.25) is 0 Å². The minimum Gasteiger partial charge on any atom is -0.493 e. The molecule has 0 saturated carbocycles. The zero-order chi connectivity index (χ0) is 34.8. The Bertz CT molecular complexity index is 1370. The smallest absolute Gasteiger partial charge is 0.311 e. The minimum atomic E-state index is -0.362. The molecule has 264 valence electrons. The van der Waals surface area contributed by atoms with Crippen molar-refractivity contribution in [3.8, 4) is 23.0 Å². The molecule has 2 saturated heterocycles. The van der Waals surface area contributed by atoms with Gasteiger partial charge in [-0.1, -0.05) is 80.3 Å². The van der Waals surface area contributed by atoms with Crippen molar-refractivity contribution < 1.29 is 38.1 Å². The van der Waals surface area contributed by atoms with E-state index in [1.165, 1.54) is 50.7 Å². The third-order valence-electron chi connectivity index (χ3n) is 7.86. The molecular formula is C37H44O8S4. The fraction of sp³-hybridized carbons (Fsp3) is 0.459. The number of ether oxygens (including phenoxy) is 4. The van der Waals surface area contributed by atoms with E-state index in [1.807, 2.05) is 43.2 Å². The SMILES string of the molecule is COc1cc(C=CC(=O)CC(=O)C=Cc2ccc(OC(=O)CCCCC3CCSS3)c(OC)c2)ccc1OC(=O)CCCCC1CCSS1. The van der Waals surface area contributed by atoms with E-state index in [0.29, 0.717) is 57.5 Å². The first kappa shape index (κ1) is 39.0. The molecule has 2 aromatic carbocycles. The third kappa shape index (κ3) is 14.2. The number of carbonyl (C=O) groups excluding carboxylic acids is 4. The van der Waals surface area contributed by atoms with Crippen LogP contribution in [0.3, 0.4) is 0 Å². The summed E-state index contributed by atoms with van der Waals surface area (Å²) in [6.45, 7) is 0. The Hall–Kier alpha value is -2.80. The van der Waals surface area contributed by atoms with Crippen molar-refractivity contribution in [2.45, 2.75) is 81.1 Å². The van der Waals surface area contributed by atoms with Crippen LogP contribution in [-0.4, -0.2) is 59.7 Å². The van der Waals surface area contributed by atoms with Gasteiger partial charge >= 0.3 is 11.9 Å². The van der Waals surface area contributed by atoms with Gasteiger partial charge in [0.15, 0.2) is 34.6 Å². The van der Waals surface area contributed by atoms with Crippen molar-refractivity contribution in [3.63, 3.8) is 0 Å². The average molecular weight is 745 g/mol. The maximum Gasteiger partial charge on any atom is 0.311 e. The summed E-state index contributed by atoms with van der Waals surface area (Å²) in [4.78, 5) is 49.8. The molecule has 2 heterocycles. The van der Waals surface area contributed by atoms with Crippen LogP contribution in [0.25, 0.3) is 12.2 Å². The molecule has 0 N–H and O–H groups in total. The number of benzene rings is 2. The predicted molar refractivity (Wildman–Crippen MR) is 204 cm³/mol. The molecule has 2 atom stereocenters. The highest BCUT2D eigenvalue weighted by atomic mass is 33.1. The molecule has 2 aliphatic rings. The summed E-state index contributed by atoms with van der Waals surface area (Å²) in [5.74, 6) is 2.50. The van der Waals surface area contributed by atoms with Crippen molar-refractivity contribution in [1.82, 2.24) is 0 Å². The zero-order valence-electron chi connectivity index (χ0n) is 28.0. The molecule has 49 heavy (non-hydrogen) atoms. The highest BCUT2D eigenvalue weighted by molar-refractivity contribution is 8.77. The van der Waals surface area contributed by atoms with Gasteiger partial charge in [-0.3, -0.25) is 19.2 Å². The molecule has 2 unspecified atom stereocenters. The Morgan fingerprint density at radius 2 is 1.10 bits per heavy atom. The Morgan fingerprint density at radius 3 is 1.49 bits per heavy atom. The van der Waals surface area contributed by atoms with Crippen LogP contribution in [0.2, 0.25) is 0 Å². The van der Waals surface area contributed by atoms with E-state index >= 15 is 0 Å². The summed E-state index contributed by atoms with van der Waals surface area (Å²) in [6, 6.07) is 10.1. The fourth-order valence-corrected chi connectivity index (χ4v) is 11.2. The lowest BCUT2D eigenvalue weighted by Crippen LogP contribution is -2.09. The van der Waals surface area contributed by atoms with Gasteiger partial charge in [0, 0.05) is 34.8 Å². The van der Waals surface area contributed by atoms with E-state index in [0.717, 1.165) is 38.5 Å². The van der Waals surface area contributed by atoms with Crippen LogP contribution in [0, 0.1) is 0 Å². The molecule has 0 spiro atoms. The molecule has 8 nitrogen and oxygen atoms in total. The Balaban J connectivity index is 1.19. The number of allylic oxidation sites excluding steroid dienone is 2. The molecule has 4 rings (SSSR count). The van der Waals surface area contributed by atoms with E-state index in [9.17, 15) is 19.2 Å². The number of hydrogen-bond donors (Lipinski definition) is 0. The lowest BCUT2D eigenvalue weighted by Gasteiger charge is -2.10. The van der Waals surface area contributed by atoms with Crippen molar-refractivity contribution in [2.75, 3.05) is 25.7 Å². The van der Waals surface area contributed by atoms with Crippen LogP contribution < -0.4 is 18.9 Å². The monoisotopic (exact) mass is 744 g/mol. The van der Waals surface area contributed by atoms with Crippen LogP contribution in [-0.2, 0) is 19.2 Å². The maximum atomic E-state index is 12.5. The molecule has 2 aliphatic heterocycles. The first-order chi connectivity index (χ1) is 23.8. The number of hydrogen-bond acceptors (Lipinski definition) is 12. The van der Waals surface area contributed by atoms with Crippen LogP contribution in [0.5, 0.6) is 23.0 Å². The molecule has 0 amide bonds. The molecule has 12 heteroatoms. The molecule has 0 aromatic heterocycles. The van der Waals surface area contributed by atoms with Crippen LogP contribution in [0.15, 0.2) is 48.6 Å². The second-order valence-electron chi connectivity index (χ2n) is 11.7. The van der Waals surface area contributed by atoms with E-state index in [2.05, 4.69) is 0 Å². The lowest BCUT2D eigenvalue weighted by molar-refractivity contribution is -0.135. The topological polar surface area (TPSA) is 105 Å². The first-order valence-corrected chi connectivity index (χ1v) is 21.3. The second kappa shape index (κ2) is 21.4. The van der Waals surface area contributed by atoms with E-state index in [4.69, 9.17) is 18.9 Å². The number of ketones is 2. The largest absolute Gasteiger partial charge is 0.493 e. The van der Waals surface area contributed by atoms with Crippen molar-refractivity contribution in [3.05, 3.63) is 59.7 Å². The van der Waals surface area contributed by atoms with Crippen molar-refractivity contribution >= 4 is 78.8 Å². The van der Waals surface area contributed by atoms with Crippen LogP contribution in [0.4, 0.5) is 0 Å². The first-order valence-electron chi connectivity index (χ1n) is 16.6. The number of unbranched alkanes of at least 4 members (excludes halogenated alkanes) is 2. The molecule has 0 aliphatic carbocycles. The van der Waals surface area contributed by atoms with Crippen LogP contribution in [0.1, 0.15) is 81.8 Å². The molecule has 0 radical (unpaired) electrons. The number of rotatable bonds is 20. The van der Waals surface area contributed by atoms with Gasteiger partial charge in [-0.05, 0) is 86.1 Å². The highest BCUT2D eigenvalue weighted by Crippen LogP contribution is 2.41. The van der Waals surface area contributed by atoms with Gasteiger partial charge in [0.25, 0.3) is 0 Å². The summed E-state index contributed by atoms with van der Waals surface area (Å²) >= 11 is 0. The van der Waals surface area contributed by atoms with Crippen LogP contribution >= 0.6 is 43.2 Å². The number of methoxy groups -OCH3 is 2. The second-order valence-corrected chi connectivity index (χ2v) is 17.3. The highest BCUT2D eigenvalue weighted by Gasteiger charge is 2.18. The maximum absolute atomic E-state index is 12.5. The summed E-state index contributed by atoms with van der Waals surface area (Å²) in [7, 11) is 10.7. The predicted octanol–water partition coefficient (Wildman–Crippen LogP) is 9.20. The number of carbonyl (C=O) groups is 4. The number of esters is 2. The minimum absolute atomic E-state index is 0.302. The van der Waals surface area contributed by atoms with E-state index < -0.39 is 0 Å². The Labute approximate surface area is 305 Å². The lowest BCUT2D eigenvalue weighted by atomic mass is 10.1. The standard InChI is InChI=1S/C37H44O8S4/c1-42-34-23-26(13-17-32(34)44-36(40)9-5-3-7-30-19-21-46-48-30)11-15-28(38)25-29(39)16-12-27-14-18-33(35(24-27)43-2)45-37(41)10-6-4-8-31-20-22-47-49-31/h11-18,23-24,30-31H,3-10,19-22,25H2,1-2H3. The Kier molecular flexibility index (Phi) is 17.0. The van der Waals surface area contributed by atoms with Crippen molar-refractivity contribution in [1.29, 1.82) is 0 Å². The summed E-state index contributed by atoms with van der Waals surface area (Å²) in [6.07, 6.45) is 14.6. The quantitative estimate of drug-likeness (QED) is 0.0322. The van der Waals surface area contributed by atoms with E-state index in [-0.39, 0.29) is 29.9 Å². The molecular weight excluding hydrogens is 701 g/mol. The van der Waals surface area contributed by atoms with Gasteiger partial charge in [0.05, 0.1) is 20.6 Å². The summed E-state index contributed by atoms with van der Waals surface area (Å²) < 4.78 is 21.9.